The first-order chi connectivity index (χ1) is 9.58. The zero-order valence-corrected chi connectivity index (χ0v) is 13.1. The molecule has 1 aromatic rings. The van der Waals surface area contributed by atoms with E-state index in [1.165, 1.54) is 0 Å². The molecular weight excluding hydrogens is 272 g/mol. The average molecular weight is 296 g/mol. The van der Waals surface area contributed by atoms with Crippen LogP contribution >= 0.6 is 0 Å². The maximum Gasteiger partial charge on any atom is 0.178 e. The van der Waals surface area contributed by atoms with E-state index in [1.54, 1.807) is 12.1 Å². The van der Waals surface area contributed by atoms with Gasteiger partial charge in [-0.15, -0.1) is 0 Å². The minimum Gasteiger partial charge on any atom is -0.366 e. The minimum atomic E-state index is -3.11. The summed E-state index contributed by atoms with van der Waals surface area (Å²) < 4.78 is 24.0. The lowest BCUT2D eigenvalue weighted by molar-refractivity contribution is 0.466. The molecule has 1 aliphatic heterocycles. The molecule has 20 heavy (non-hydrogen) atoms. The summed E-state index contributed by atoms with van der Waals surface area (Å²) in [4.78, 5) is 2.80. The van der Waals surface area contributed by atoms with Gasteiger partial charge in [0, 0.05) is 31.4 Å². The molecule has 112 valence electrons. The van der Waals surface area contributed by atoms with Crippen LogP contribution in [0.5, 0.6) is 0 Å². The number of benzene rings is 1. The Morgan fingerprint density at radius 1 is 1.25 bits per heavy atom. The van der Waals surface area contributed by atoms with Crippen LogP contribution in [0.4, 0.5) is 5.69 Å². The molecule has 0 radical (unpaired) electrons. The quantitative estimate of drug-likeness (QED) is 0.903. The van der Waals surface area contributed by atoms with Crippen molar-refractivity contribution in [1.82, 2.24) is 5.32 Å². The van der Waals surface area contributed by atoms with E-state index in [2.05, 4.69) is 17.1 Å². The van der Waals surface area contributed by atoms with Gasteiger partial charge in [0.2, 0.25) is 0 Å². The average Bonchev–Trinajstić information content (AvgIpc) is 2.47. The smallest absolute Gasteiger partial charge is 0.178 e. The molecule has 1 aliphatic rings. The minimum absolute atomic E-state index is 0.220. The van der Waals surface area contributed by atoms with E-state index in [4.69, 9.17) is 0 Å². The second-order valence-electron chi connectivity index (χ2n) is 5.27. The molecule has 5 heteroatoms. The molecule has 1 atom stereocenters. The van der Waals surface area contributed by atoms with Gasteiger partial charge in [-0.1, -0.05) is 13.8 Å². The molecule has 0 aromatic heterocycles. The molecule has 0 saturated carbocycles. The van der Waals surface area contributed by atoms with Crippen molar-refractivity contribution in [1.29, 1.82) is 0 Å². The molecule has 0 bridgehead atoms. The Balaban J connectivity index is 2.19. The highest BCUT2D eigenvalue weighted by Gasteiger charge is 2.21. The van der Waals surface area contributed by atoms with Crippen molar-refractivity contribution in [3.05, 3.63) is 24.3 Å². The van der Waals surface area contributed by atoms with Crippen LogP contribution in [-0.4, -0.2) is 39.8 Å². The fourth-order valence-electron chi connectivity index (χ4n) is 2.70. The molecule has 1 saturated heterocycles. The van der Waals surface area contributed by atoms with Crippen molar-refractivity contribution in [3.8, 4) is 0 Å². The molecular formula is C15H24N2O2S. The highest BCUT2D eigenvalue weighted by atomic mass is 32.2. The Morgan fingerprint density at radius 2 is 1.95 bits per heavy atom. The third kappa shape index (κ3) is 3.33. The van der Waals surface area contributed by atoms with Crippen LogP contribution < -0.4 is 10.2 Å². The summed E-state index contributed by atoms with van der Waals surface area (Å²) in [7, 11) is -3.11. The van der Waals surface area contributed by atoms with E-state index in [0.717, 1.165) is 31.7 Å². The largest absolute Gasteiger partial charge is 0.366 e. The summed E-state index contributed by atoms with van der Waals surface area (Å²) >= 11 is 0. The lowest BCUT2D eigenvalue weighted by Gasteiger charge is -2.37. The molecule has 0 aliphatic carbocycles. The second-order valence-corrected chi connectivity index (χ2v) is 7.38. The van der Waals surface area contributed by atoms with Crippen LogP contribution in [0.15, 0.2) is 29.2 Å². The van der Waals surface area contributed by atoms with E-state index in [9.17, 15) is 8.42 Å². The van der Waals surface area contributed by atoms with E-state index < -0.39 is 9.84 Å². The van der Waals surface area contributed by atoms with Crippen molar-refractivity contribution < 1.29 is 8.42 Å². The lowest BCUT2D eigenvalue weighted by atomic mass is 10.1. The van der Waals surface area contributed by atoms with Gasteiger partial charge in [0.15, 0.2) is 9.84 Å². The molecule has 0 amide bonds. The molecule has 1 unspecified atom stereocenters. The van der Waals surface area contributed by atoms with Crippen LogP contribution in [0.2, 0.25) is 0 Å². The number of piperazine rings is 1. The topological polar surface area (TPSA) is 49.4 Å². The van der Waals surface area contributed by atoms with E-state index in [-0.39, 0.29) is 5.75 Å². The Kier molecular flexibility index (Phi) is 5.05. The molecule has 1 heterocycles. The number of hydrogen-bond acceptors (Lipinski definition) is 4. The van der Waals surface area contributed by atoms with Crippen molar-refractivity contribution in [2.24, 2.45) is 0 Å². The molecule has 2 rings (SSSR count). The van der Waals surface area contributed by atoms with Gasteiger partial charge < -0.3 is 10.2 Å². The highest BCUT2D eigenvalue weighted by molar-refractivity contribution is 7.91. The summed E-state index contributed by atoms with van der Waals surface area (Å²) in [6.07, 6.45) is 1.74. The summed E-state index contributed by atoms with van der Waals surface area (Å²) in [5.41, 5.74) is 1.12. The second kappa shape index (κ2) is 6.59. The molecule has 1 N–H and O–H groups in total. The molecule has 1 fully saturated rings. The fourth-order valence-corrected chi connectivity index (χ4v) is 4.02. The fraction of sp³-hybridized carbons (Fsp3) is 0.600. The molecule has 0 spiro atoms. The zero-order chi connectivity index (χ0) is 14.6. The van der Waals surface area contributed by atoms with Crippen molar-refractivity contribution in [2.45, 2.75) is 37.6 Å². The Morgan fingerprint density at radius 3 is 2.55 bits per heavy atom. The first-order valence-electron chi connectivity index (χ1n) is 7.38. The summed E-state index contributed by atoms with van der Waals surface area (Å²) in [6, 6.07) is 7.86. The standard InChI is InChI=1S/C15H24N2O2S/c1-3-11-20(18,19)15-7-5-14(6-8-15)17-10-9-16-12-13(17)4-2/h5-8,13,16H,3-4,9-12H2,1-2H3. The van der Waals surface area contributed by atoms with Gasteiger partial charge in [0.05, 0.1) is 10.6 Å². The summed E-state index contributed by atoms with van der Waals surface area (Å²) in [6.45, 7) is 7.02. The van der Waals surface area contributed by atoms with Gasteiger partial charge in [-0.3, -0.25) is 0 Å². The predicted molar refractivity (Wildman–Crippen MR) is 83.1 cm³/mol. The van der Waals surface area contributed by atoms with Gasteiger partial charge in [-0.05, 0) is 37.1 Å². The summed E-state index contributed by atoms with van der Waals surface area (Å²) in [5.74, 6) is 0.220. The van der Waals surface area contributed by atoms with Crippen molar-refractivity contribution >= 4 is 15.5 Å². The van der Waals surface area contributed by atoms with Crippen LogP contribution in [0.1, 0.15) is 26.7 Å². The number of rotatable bonds is 5. The van der Waals surface area contributed by atoms with Gasteiger partial charge in [-0.25, -0.2) is 8.42 Å². The predicted octanol–water partition coefficient (Wildman–Crippen LogP) is 2.06. The van der Waals surface area contributed by atoms with Crippen molar-refractivity contribution in [3.63, 3.8) is 0 Å². The Bertz CT molecular complexity index is 525. The van der Waals surface area contributed by atoms with Gasteiger partial charge >= 0.3 is 0 Å². The monoisotopic (exact) mass is 296 g/mol. The van der Waals surface area contributed by atoms with Crippen molar-refractivity contribution in [2.75, 3.05) is 30.3 Å². The number of hydrogen-bond donors (Lipinski definition) is 1. The van der Waals surface area contributed by atoms with Gasteiger partial charge in [-0.2, -0.15) is 0 Å². The van der Waals surface area contributed by atoms with Crippen LogP contribution in [0.3, 0.4) is 0 Å². The first-order valence-corrected chi connectivity index (χ1v) is 9.04. The molecule has 1 aromatic carbocycles. The van der Waals surface area contributed by atoms with Crippen LogP contribution in [0, 0.1) is 0 Å². The third-order valence-electron chi connectivity index (χ3n) is 3.82. The van der Waals surface area contributed by atoms with Crippen LogP contribution in [0.25, 0.3) is 0 Å². The van der Waals surface area contributed by atoms with E-state index >= 15 is 0 Å². The lowest BCUT2D eigenvalue weighted by Crippen LogP contribution is -2.51. The number of anilines is 1. The zero-order valence-electron chi connectivity index (χ0n) is 12.3. The maximum absolute atomic E-state index is 12.0. The van der Waals surface area contributed by atoms with E-state index in [1.807, 2.05) is 19.1 Å². The Labute approximate surface area is 122 Å². The van der Waals surface area contributed by atoms with Gasteiger partial charge in [0.25, 0.3) is 0 Å². The maximum atomic E-state index is 12.0. The number of nitrogens with one attached hydrogen (secondary N) is 1. The van der Waals surface area contributed by atoms with Crippen LogP contribution in [-0.2, 0) is 9.84 Å². The Hall–Kier alpha value is -1.07. The normalized spacial score (nSPS) is 20.1. The number of sulfone groups is 1. The third-order valence-corrected chi connectivity index (χ3v) is 5.76. The molecule has 4 nitrogen and oxygen atoms in total. The summed E-state index contributed by atoms with van der Waals surface area (Å²) in [5, 5.41) is 3.40. The SMILES string of the molecule is CCCS(=O)(=O)c1ccc(N2CCNCC2CC)cc1. The first kappa shape index (κ1) is 15.3. The highest BCUT2D eigenvalue weighted by Crippen LogP contribution is 2.22. The number of nitrogens with zero attached hydrogens (tertiary/aromatic N) is 1. The van der Waals surface area contributed by atoms with Gasteiger partial charge in [0.1, 0.15) is 0 Å². The van der Waals surface area contributed by atoms with E-state index in [0.29, 0.717) is 17.4 Å².